The Bertz CT molecular complexity index is 752. The molecule has 0 saturated heterocycles. The third-order valence-electron chi connectivity index (χ3n) is 4.60. The fraction of sp³-hybridized carbons (Fsp3) is 0.368. The van der Waals surface area contributed by atoms with E-state index in [9.17, 15) is 4.79 Å². The molecule has 22 heavy (non-hydrogen) atoms. The molecule has 1 aromatic heterocycles. The molecule has 3 rings (SSSR count). The molecule has 1 fully saturated rings. The first kappa shape index (κ1) is 14.8. The molecule has 2 atom stereocenters. The largest absolute Gasteiger partial charge is 0.324 e. The lowest BCUT2D eigenvalue weighted by molar-refractivity contribution is -0.118. The molecule has 1 aromatic carbocycles. The Kier molecular flexibility index (Phi) is 3.51. The van der Waals surface area contributed by atoms with Crippen LogP contribution in [0.15, 0.2) is 48.2 Å². The van der Waals surface area contributed by atoms with Crippen molar-refractivity contribution in [3.05, 3.63) is 48.2 Å². The zero-order chi connectivity index (χ0) is 15.9. The van der Waals surface area contributed by atoms with Gasteiger partial charge in [0.2, 0.25) is 5.91 Å². The van der Waals surface area contributed by atoms with Gasteiger partial charge in [0, 0.05) is 11.6 Å². The van der Waals surface area contributed by atoms with Gasteiger partial charge in [-0.3, -0.25) is 9.78 Å². The molecular formula is C19H22N2O. The lowest BCUT2D eigenvalue weighted by atomic mass is 10.1. The highest BCUT2D eigenvalue weighted by molar-refractivity contribution is 6.02. The van der Waals surface area contributed by atoms with Gasteiger partial charge in [0.15, 0.2) is 0 Å². The van der Waals surface area contributed by atoms with E-state index in [2.05, 4.69) is 44.1 Å². The van der Waals surface area contributed by atoms with Gasteiger partial charge in [-0.2, -0.15) is 0 Å². The van der Waals surface area contributed by atoms with Crippen molar-refractivity contribution >= 4 is 22.5 Å². The van der Waals surface area contributed by atoms with Crippen LogP contribution in [0.4, 0.5) is 5.69 Å². The monoisotopic (exact) mass is 294 g/mol. The van der Waals surface area contributed by atoms with Crippen LogP contribution in [0.25, 0.3) is 10.9 Å². The maximum absolute atomic E-state index is 12.7. The molecule has 2 aromatic rings. The van der Waals surface area contributed by atoms with Crippen LogP contribution in [0.3, 0.4) is 0 Å². The lowest BCUT2D eigenvalue weighted by Gasteiger charge is -2.08. The molecule has 0 spiro atoms. The molecule has 0 aliphatic heterocycles. The Labute approximate surface area is 131 Å². The first-order valence-corrected chi connectivity index (χ1v) is 7.71. The number of hydrogen-bond acceptors (Lipinski definition) is 2. The van der Waals surface area contributed by atoms with E-state index in [1.165, 1.54) is 5.57 Å². The molecule has 2 unspecified atom stereocenters. The standard InChI is InChI=1S/C19H22N2O/c1-12(2)11-14-16(19(14,3)4)18(22)21-15-9-5-7-13-8-6-10-20-17(13)15/h5-11,14,16H,1-4H3,(H,21,22). The number of allylic oxidation sites excluding steroid dienone is 2. The number of carbonyl (C=O) groups excluding carboxylic acids is 1. The molecule has 0 radical (unpaired) electrons. The molecule has 1 heterocycles. The van der Waals surface area contributed by atoms with E-state index in [0.29, 0.717) is 5.92 Å². The zero-order valence-electron chi connectivity index (χ0n) is 13.6. The van der Waals surface area contributed by atoms with Crippen LogP contribution in [0.2, 0.25) is 0 Å². The Morgan fingerprint density at radius 2 is 1.95 bits per heavy atom. The van der Waals surface area contributed by atoms with Crippen LogP contribution in [0.1, 0.15) is 27.7 Å². The first-order valence-electron chi connectivity index (χ1n) is 7.71. The Morgan fingerprint density at radius 1 is 1.23 bits per heavy atom. The van der Waals surface area contributed by atoms with Gasteiger partial charge in [-0.1, -0.05) is 43.7 Å². The summed E-state index contributed by atoms with van der Waals surface area (Å²) in [5, 5.41) is 4.11. The molecule has 3 nitrogen and oxygen atoms in total. The number of rotatable bonds is 3. The van der Waals surface area contributed by atoms with Crippen LogP contribution in [0.5, 0.6) is 0 Å². The number of anilines is 1. The topological polar surface area (TPSA) is 42.0 Å². The quantitative estimate of drug-likeness (QED) is 0.852. The highest BCUT2D eigenvalue weighted by atomic mass is 16.2. The summed E-state index contributed by atoms with van der Waals surface area (Å²) in [5.41, 5.74) is 2.93. The molecule has 1 amide bonds. The maximum Gasteiger partial charge on any atom is 0.228 e. The van der Waals surface area contributed by atoms with E-state index < -0.39 is 0 Å². The van der Waals surface area contributed by atoms with E-state index in [1.54, 1.807) is 6.20 Å². The zero-order valence-corrected chi connectivity index (χ0v) is 13.6. The fourth-order valence-corrected chi connectivity index (χ4v) is 3.26. The second-order valence-corrected chi connectivity index (χ2v) is 6.94. The predicted molar refractivity (Wildman–Crippen MR) is 90.6 cm³/mol. The van der Waals surface area contributed by atoms with Gasteiger partial charge in [0.25, 0.3) is 0 Å². The van der Waals surface area contributed by atoms with Crippen LogP contribution < -0.4 is 5.32 Å². The SMILES string of the molecule is CC(C)=CC1C(C(=O)Nc2cccc3cccnc23)C1(C)C. The number of fused-ring (bicyclic) bond motifs is 1. The number of hydrogen-bond donors (Lipinski definition) is 1. The van der Waals surface area contributed by atoms with Crippen molar-refractivity contribution in [1.82, 2.24) is 4.98 Å². The van der Waals surface area contributed by atoms with Crippen molar-refractivity contribution in [3.63, 3.8) is 0 Å². The normalized spacial score (nSPS) is 22.2. The molecule has 1 N–H and O–H groups in total. The average molecular weight is 294 g/mol. The van der Waals surface area contributed by atoms with Crippen molar-refractivity contribution < 1.29 is 4.79 Å². The van der Waals surface area contributed by atoms with Crippen LogP contribution in [-0.4, -0.2) is 10.9 Å². The Hall–Kier alpha value is -2.16. The molecule has 1 aliphatic carbocycles. The third kappa shape index (κ3) is 2.52. The van der Waals surface area contributed by atoms with Gasteiger partial charge >= 0.3 is 0 Å². The minimum absolute atomic E-state index is 0.0271. The lowest BCUT2D eigenvalue weighted by Crippen LogP contribution is -2.17. The average Bonchev–Trinajstić information content (AvgIpc) is 2.99. The Balaban J connectivity index is 1.84. The van der Waals surface area contributed by atoms with Gasteiger partial charge < -0.3 is 5.32 Å². The van der Waals surface area contributed by atoms with Crippen molar-refractivity contribution in [2.75, 3.05) is 5.32 Å². The van der Waals surface area contributed by atoms with E-state index in [4.69, 9.17) is 0 Å². The third-order valence-corrected chi connectivity index (χ3v) is 4.60. The summed E-state index contributed by atoms with van der Waals surface area (Å²) in [4.78, 5) is 17.0. The van der Waals surface area contributed by atoms with Gasteiger partial charge in [-0.25, -0.2) is 0 Å². The van der Waals surface area contributed by atoms with Crippen LogP contribution in [0, 0.1) is 17.3 Å². The molecule has 0 bridgehead atoms. The van der Waals surface area contributed by atoms with E-state index >= 15 is 0 Å². The van der Waals surface area contributed by atoms with Crippen LogP contribution >= 0.6 is 0 Å². The molecular weight excluding hydrogens is 272 g/mol. The number of carbonyl (C=O) groups is 1. The fourth-order valence-electron chi connectivity index (χ4n) is 3.26. The van der Waals surface area contributed by atoms with Crippen molar-refractivity contribution in [1.29, 1.82) is 0 Å². The smallest absolute Gasteiger partial charge is 0.228 e. The van der Waals surface area contributed by atoms with Crippen molar-refractivity contribution in [3.8, 4) is 0 Å². The molecule has 3 heteroatoms. The number of pyridine rings is 1. The summed E-state index contributed by atoms with van der Waals surface area (Å²) >= 11 is 0. The maximum atomic E-state index is 12.7. The second kappa shape index (κ2) is 5.24. The first-order chi connectivity index (χ1) is 10.4. The summed E-state index contributed by atoms with van der Waals surface area (Å²) in [6.45, 7) is 8.47. The van der Waals surface area contributed by atoms with Gasteiger partial charge in [-0.05, 0) is 37.3 Å². The summed E-state index contributed by atoms with van der Waals surface area (Å²) in [7, 11) is 0. The van der Waals surface area contributed by atoms with Gasteiger partial charge in [0.05, 0.1) is 17.1 Å². The number of nitrogens with zero attached hydrogens (tertiary/aromatic N) is 1. The minimum Gasteiger partial charge on any atom is -0.324 e. The number of amides is 1. The number of aromatic nitrogens is 1. The van der Waals surface area contributed by atoms with E-state index in [0.717, 1.165) is 16.6 Å². The minimum atomic E-state index is 0.0271. The van der Waals surface area contributed by atoms with Crippen LogP contribution in [-0.2, 0) is 4.79 Å². The summed E-state index contributed by atoms with van der Waals surface area (Å²) in [6, 6.07) is 9.78. The van der Waals surface area contributed by atoms with Gasteiger partial charge in [-0.15, -0.1) is 0 Å². The Morgan fingerprint density at radius 3 is 2.68 bits per heavy atom. The van der Waals surface area contributed by atoms with E-state index in [1.807, 2.05) is 30.3 Å². The summed E-state index contributed by atoms with van der Waals surface area (Å²) < 4.78 is 0. The van der Waals surface area contributed by atoms with E-state index in [-0.39, 0.29) is 17.2 Å². The highest BCUT2D eigenvalue weighted by Gasteiger charge is 2.60. The predicted octanol–water partition coefficient (Wildman–Crippen LogP) is 4.41. The summed E-state index contributed by atoms with van der Waals surface area (Å²) in [5.74, 6) is 0.437. The molecule has 1 aliphatic rings. The number of benzene rings is 1. The number of nitrogens with one attached hydrogen (secondary N) is 1. The van der Waals surface area contributed by atoms with Gasteiger partial charge in [0.1, 0.15) is 0 Å². The molecule has 1 saturated carbocycles. The van der Waals surface area contributed by atoms with Crippen molar-refractivity contribution in [2.24, 2.45) is 17.3 Å². The summed E-state index contributed by atoms with van der Waals surface area (Å²) in [6.07, 6.45) is 3.97. The second-order valence-electron chi connectivity index (χ2n) is 6.94. The number of para-hydroxylation sites is 1. The highest BCUT2D eigenvalue weighted by Crippen LogP contribution is 2.59. The van der Waals surface area contributed by atoms with Crippen molar-refractivity contribution in [2.45, 2.75) is 27.7 Å². The molecule has 114 valence electrons.